The van der Waals surface area contributed by atoms with E-state index in [0.717, 1.165) is 17.2 Å². The number of aromatic nitrogens is 1. The Bertz CT molecular complexity index is 1810. The van der Waals surface area contributed by atoms with Crippen LogP contribution in [0, 0.1) is 0 Å². The van der Waals surface area contributed by atoms with Crippen molar-refractivity contribution < 1.29 is 0 Å². The molecule has 0 unspecified atom stereocenters. The summed E-state index contributed by atoms with van der Waals surface area (Å²) in [6, 6.07) is 45.8. The van der Waals surface area contributed by atoms with E-state index in [9.17, 15) is 0 Å². The first-order valence-electron chi connectivity index (χ1n) is 12.0. The predicted octanol–water partition coefficient (Wildman–Crippen LogP) is 9.11. The summed E-state index contributed by atoms with van der Waals surface area (Å²) in [5, 5.41) is 8.95. The number of aryl methyl sites for hydroxylation is 1. The van der Waals surface area contributed by atoms with Gasteiger partial charge in [0.1, 0.15) is 5.82 Å². The van der Waals surface area contributed by atoms with Crippen molar-refractivity contribution in [2.75, 3.05) is 4.90 Å². The highest BCUT2D eigenvalue weighted by Gasteiger charge is 2.18. The summed E-state index contributed by atoms with van der Waals surface area (Å²) in [5.41, 5.74) is 3.54. The highest BCUT2D eigenvalue weighted by Crippen LogP contribution is 2.40. The Morgan fingerprint density at radius 3 is 1.71 bits per heavy atom. The van der Waals surface area contributed by atoms with Gasteiger partial charge in [-0.15, -0.1) is 0 Å². The van der Waals surface area contributed by atoms with Crippen LogP contribution in [-0.2, 0) is 7.05 Å². The van der Waals surface area contributed by atoms with Crippen LogP contribution in [0.3, 0.4) is 0 Å². The largest absolute Gasteiger partial charge is 0.329 e. The number of para-hydroxylation sites is 2. The van der Waals surface area contributed by atoms with Gasteiger partial charge in [0.05, 0.1) is 5.52 Å². The zero-order chi connectivity index (χ0) is 23.4. The van der Waals surface area contributed by atoms with E-state index in [0.29, 0.717) is 0 Å². The highest BCUT2D eigenvalue weighted by atomic mass is 15.2. The minimum Gasteiger partial charge on any atom is -0.329 e. The Balaban J connectivity index is 1.51. The average Bonchev–Trinajstić information content (AvgIpc) is 3.25. The predicted molar refractivity (Wildman–Crippen MR) is 150 cm³/mol. The number of rotatable bonds is 3. The first-order valence-corrected chi connectivity index (χ1v) is 12.0. The van der Waals surface area contributed by atoms with Crippen molar-refractivity contribution in [3.63, 3.8) is 0 Å². The van der Waals surface area contributed by atoms with E-state index in [-0.39, 0.29) is 0 Å². The monoisotopic (exact) mass is 448 g/mol. The first kappa shape index (κ1) is 19.9. The van der Waals surface area contributed by atoms with E-state index in [4.69, 9.17) is 0 Å². The quantitative estimate of drug-likeness (QED) is 0.193. The molecule has 166 valence electrons. The van der Waals surface area contributed by atoms with Gasteiger partial charge in [0, 0.05) is 29.2 Å². The van der Waals surface area contributed by atoms with E-state index >= 15 is 0 Å². The molecule has 0 atom stereocenters. The molecule has 0 spiro atoms. The molecular weight excluding hydrogens is 424 g/mol. The van der Waals surface area contributed by atoms with Crippen molar-refractivity contribution in [2.45, 2.75) is 0 Å². The molecule has 0 aliphatic carbocycles. The molecule has 0 saturated heterocycles. The summed E-state index contributed by atoms with van der Waals surface area (Å²) in [7, 11) is 2.18. The Labute approximate surface area is 204 Å². The third-order valence-corrected chi connectivity index (χ3v) is 7.11. The number of hydrogen-bond acceptors (Lipinski definition) is 1. The van der Waals surface area contributed by atoms with E-state index < -0.39 is 0 Å². The molecule has 7 aromatic rings. The fraction of sp³-hybridized carbons (Fsp3) is 0.0303. The molecule has 0 radical (unpaired) electrons. The van der Waals surface area contributed by atoms with Gasteiger partial charge >= 0.3 is 0 Å². The Hall–Kier alpha value is -4.56. The van der Waals surface area contributed by atoms with Gasteiger partial charge in [0.25, 0.3) is 0 Å². The highest BCUT2D eigenvalue weighted by molar-refractivity contribution is 6.19. The maximum atomic E-state index is 2.34. The fourth-order valence-electron chi connectivity index (χ4n) is 5.45. The topological polar surface area (TPSA) is 8.17 Å². The van der Waals surface area contributed by atoms with Crippen molar-refractivity contribution in [3.05, 3.63) is 127 Å². The number of fused-ring (bicyclic) bond motifs is 6. The standard InChI is InChI=1S/C33H24N2/c1-34-32(35(27-12-4-2-5-13-27)28-14-6-3-7-15-28)22-26-17-18-29-30(33(26)34)19-16-25-20-23-10-8-9-11-24(23)21-31(25)29/h2-22H,1H3. The van der Waals surface area contributed by atoms with Crippen LogP contribution in [0.1, 0.15) is 0 Å². The SMILES string of the molecule is Cn1c(N(c2ccccc2)c2ccccc2)cc2ccc3c4cc5ccccc5cc4ccc3c21. The second-order valence-corrected chi connectivity index (χ2v) is 9.15. The van der Waals surface area contributed by atoms with Crippen LogP contribution in [0.15, 0.2) is 127 Å². The smallest absolute Gasteiger partial charge is 0.118 e. The molecule has 0 saturated carbocycles. The van der Waals surface area contributed by atoms with Gasteiger partial charge in [0.2, 0.25) is 0 Å². The first-order chi connectivity index (χ1) is 17.3. The molecule has 0 aliphatic rings. The summed E-state index contributed by atoms with van der Waals surface area (Å²) >= 11 is 0. The van der Waals surface area contributed by atoms with Crippen LogP contribution < -0.4 is 4.90 Å². The second-order valence-electron chi connectivity index (χ2n) is 9.15. The molecule has 1 heterocycles. The molecule has 35 heavy (non-hydrogen) atoms. The minimum atomic E-state index is 1.14. The summed E-state index contributed by atoms with van der Waals surface area (Å²) in [6.07, 6.45) is 0. The van der Waals surface area contributed by atoms with Crippen LogP contribution in [0.4, 0.5) is 17.2 Å². The Morgan fingerprint density at radius 1 is 0.457 bits per heavy atom. The lowest BCUT2D eigenvalue weighted by atomic mass is 9.97. The second kappa shape index (κ2) is 7.75. The number of nitrogens with zero attached hydrogens (tertiary/aromatic N) is 2. The zero-order valence-electron chi connectivity index (χ0n) is 19.5. The van der Waals surface area contributed by atoms with Crippen LogP contribution >= 0.6 is 0 Å². The maximum Gasteiger partial charge on any atom is 0.118 e. The van der Waals surface area contributed by atoms with Gasteiger partial charge in [-0.1, -0.05) is 84.9 Å². The van der Waals surface area contributed by atoms with Crippen molar-refractivity contribution in [3.8, 4) is 0 Å². The van der Waals surface area contributed by atoms with E-state index in [1.165, 1.54) is 43.2 Å². The molecule has 1 aromatic heterocycles. The van der Waals surface area contributed by atoms with Gasteiger partial charge < -0.3 is 4.57 Å². The van der Waals surface area contributed by atoms with E-state index in [1.807, 2.05) is 0 Å². The van der Waals surface area contributed by atoms with Gasteiger partial charge in [0.15, 0.2) is 0 Å². The molecule has 0 aliphatic heterocycles. The molecule has 0 amide bonds. The molecule has 2 heteroatoms. The molecular formula is C33H24N2. The molecule has 0 fully saturated rings. The van der Waals surface area contributed by atoms with Gasteiger partial charge in [-0.05, 0) is 69.4 Å². The molecule has 6 aromatic carbocycles. The Morgan fingerprint density at radius 2 is 1.03 bits per heavy atom. The van der Waals surface area contributed by atoms with Crippen molar-refractivity contribution in [1.82, 2.24) is 4.57 Å². The minimum absolute atomic E-state index is 1.14. The van der Waals surface area contributed by atoms with Crippen LogP contribution in [0.5, 0.6) is 0 Å². The Kier molecular flexibility index (Phi) is 4.40. The van der Waals surface area contributed by atoms with Crippen molar-refractivity contribution >= 4 is 60.4 Å². The normalized spacial score (nSPS) is 11.6. The lowest BCUT2D eigenvalue weighted by Crippen LogP contribution is -2.13. The van der Waals surface area contributed by atoms with Gasteiger partial charge in [-0.25, -0.2) is 0 Å². The van der Waals surface area contributed by atoms with Gasteiger partial charge in [-0.2, -0.15) is 0 Å². The number of benzene rings is 6. The molecule has 0 N–H and O–H groups in total. The third-order valence-electron chi connectivity index (χ3n) is 7.11. The van der Waals surface area contributed by atoms with E-state index in [1.54, 1.807) is 0 Å². The van der Waals surface area contributed by atoms with Crippen LogP contribution in [-0.4, -0.2) is 4.57 Å². The third kappa shape index (κ3) is 3.11. The van der Waals surface area contributed by atoms with Crippen molar-refractivity contribution in [1.29, 1.82) is 0 Å². The lowest BCUT2D eigenvalue weighted by Gasteiger charge is -2.25. The number of anilines is 3. The average molecular weight is 449 g/mol. The summed E-state index contributed by atoms with van der Waals surface area (Å²) < 4.78 is 2.34. The zero-order valence-corrected chi connectivity index (χ0v) is 19.5. The molecule has 0 bridgehead atoms. The summed E-state index contributed by atoms with van der Waals surface area (Å²) in [6.45, 7) is 0. The van der Waals surface area contributed by atoms with E-state index in [2.05, 4.69) is 144 Å². The maximum absolute atomic E-state index is 2.34. The molecule has 2 nitrogen and oxygen atoms in total. The molecule has 7 rings (SSSR count). The summed E-state index contributed by atoms with van der Waals surface area (Å²) in [5.74, 6) is 1.14. The van der Waals surface area contributed by atoms with Crippen LogP contribution in [0.2, 0.25) is 0 Å². The summed E-state index contributed by atoms with van der Waals surface area (Å²) in [4.78, 5) is 2.33. The fourth-order valence-corrected chi connectivity index (χ4v) is 5.45. The van der Waals surface area contributed by atoms with Crippen molar-refractivity contribution in [2.24, 2.45) is 7.05 Å². The van der Waals surface area contributed by atoms with Crippen LogP contribution in [0.25, 0.3) is 43.2 Å². The lowest BCUT2D eigenvalue weighted by molar-refractivity contribution is 0.952. The van der Waals surface area contributed by atoms with Gasteiger partial charge in [-0.3, -0.25) is 4.90 Å². The number of hydrogen-bond donors (Lipinski definition) is 0.